The van der Waals surface area contributed by atoms with Crippen molar-refractivity contribution in [2.24, 2.45) is 0 Å². The first-order valence-electron chi connectivity index (χ1n) is 6.56. The Morgan fingerprint density at radius 2 is 1.86 bits per heavy atom. The summed E-state index contributed by atoms with van der Waals surface area (Å²) in [6, 6.07) is 8.88. The molecule has 0 radical (unpaired) electrons. The van der Waals surface area contributed by atoms with Gasteiger partial charge in [-0.2, -0.15) is 0 Å². The molecule has 5 nitrogen and oxygen atoms in total. The Balaban J connectivity index is 2.24. The van der Waals surface area contributed by atoms with E-state index in [1.54, 1.807) is 7.11 Å². The van der Waals surface area contributed by atoms with Gasteiger partial charge in [-0.3, -0.25) is 4.79 Å². The maximum absolute atomic E-state index is 11.8. The zero-order valence-electron chi connectivity index (χ0n) is 12.6. The van der Waals surface area contributed by atoms with Gasteiger partial charge in [0.2, 0.25) is 5.88 Å². The molecule has 0 aliphatic rings. The number of carbonyl (C=O) groups is 1. The van der Waals surface area contributed by atoms with Crippen molar-refractivity contribution in [3.05, 3.63) is 46.6 Å². The summed E-state index contributed by atoms with van der Waals surface area (Å²) < 4.78 is 15.9. The monoisotopic (exact) mass is 321 g/mol. The van der Waals surface area contributed by atoms with Crippen molar-refractivity contribution >= 4 is 17.4 Å². The van der Waals surface area contributed by atoms with E-state index in [9.17, 15) is 4.79 Å². The van der Waals surface area contributed by atoms with Crippen LogP contribution in [-0.4, -0.2) is 25.0 Å². The Labute approximate surface area is 133 Å². The fourth-order valence-electron chi connectivity index (χ4n) is 1.93. The minimum Gasteiger partial charge on any atom is -0.497 e. The first-order valence-corrected chi connectivity index (χ1v) is 6.94. The van der Waals surface area contributed by atoms with Crippen molar-refractivity contribution in [3.63, 3.8) is 0 Å². The van der Waals surface area contributed by atoms with Crippen LogP contribution in [0.4, 0.5) is 0 Å². The van der Waals surface area contributed by atoms with E-state index in [1.807, 2.05) is 24.3 Å². The highest BCUT2D eigenvalue weighted by molar-refractivity contribution is 6.29. The molecule has 0 amide bonds. The summed E-state index contributed by atoms with van der Waals surface area (Å²) in [5.74, 6) is 1.06. The standard InChI is InChI=1S/C16H16ClNO4/c1-10(19)15-13(21-3)8-14(17)18-16(15)22-9-11-4-6-12(20-2)7-5-11/h4-8H,9H2,1-3H3. The molecule has 0 fully saturated rings. The molecule has 0 N–H and O–H groups in total. The summed E-state index contributed by atoms with van der Waals surface area (Å²) in [4.78, 5) is 15.9. The Hall–Kier alpha value is -2.27. The number of aromatic nitrogens is 1. The van der Waals surface area contributed by atoms with Crippen LogP contribution in [0.15, 0.2) is 30.3 Å². The molecule has 0 aliphatic heterocycles. The number of halogens is 1. The number of Topliss-reactive ketones (excluding diaryl/α,β-unsaturated/α-hetero) is 1. The Morgan fingerprint density at radius 1 is 1.18 bits per heavy atom. The van der Waals surface area contributed by atoms with E-state index in [1.165, 1.54) is 20.1 Å². The molecule has 0 spiro atoms. The van der Waals surface area contributed by atoms with Crippen molar-refractivity contribution in [1.82, 2.24) is 4.98 Å². The molecule has 1 heterocycles. The lowest BCUT2D eigenvalue weighted by atomic mass is 10.2. The molecule has 0 atom stereocenters. The molecule has 0 saturated carbocycles. The third-order valence-electron chi connectivity index (χ3n) is 3.03. The smallest absolute Gasteiger partial charge is 0.230 e. The normalized spacial score (nSPS) is 10.2. The summed E-state index contributed by atoms with van der Waals surface area (Å²) in [6.07, 6.45) is 0. The van der Waals surface area contributed by atoms with Gasteiger partial charge in [-0.25, -0.2) is 4.98 Å². The van der Waals surface area contributed by atoms with E-state index in [0.29, 0.717) is 5.75 Å². The summed E-state index contributed by atoms with van der Waals surface area (Å²) in [6.45, 7) is 1.68. The molecule has 22 heavy (non-hydrogen) atoms. The number of ketones is 1. The number of hydrogen-bond acceptors (Lipinski definition) is 5. The Morgan fingerprint density at radius 3 is 2.41 bits per heavy atom. The van der Waals surface area contributed by atoms with Gasteiger partial charge in [-0.05, 0) is 24.6 Å². The molecule has 0 aliphatic carbocycles. The summed E-state index contributed by atoms with van der Waals surface area (Å²) in [5, 5.41) is 0.201. The number of carbonyl (C=O) groups excluding carboxylic acids is 1. The molecular weight excluding hydrogens is 306 g/mol. The van der Waals surface area contributed by atoms with E-state index in [0.717, 1.165) is 11.3 Å². The number of rotatable bonds is 6. The van der Waals surface area contributed by atoms with Gasteiger partial charge in [-0.15, -0.1) is 0 Å². The largest absolute Gasteiger partial charge is 0.497 e. The van der Waals surface area contributed by atoms with Crippen molar-refractivity contribution in [3.8, 4) is 17.4 Å². The summed E-state index contributed by atoms with van der Waals surface area (Å²) in [7, 11) is 3.07. The Kier molecular flexibility index (Phi) is 5.22. The molecule has 0 saturated heterocycles. The molecule has 2 rings (SSSR count). The predicted molar refractivity (Wildman–Crippen MR) is 83.1 cm³/mol. The van der Waals surface area contributed by atoms with E-state index in [-0.39, 0.29) is 29.0 Å². The second-order valence-corrected chi connectivity index (χ2v) is 4.91. The fourth-order valence-corrected chi connectivity index (χ4v) is 2.11. The van der Waals surface area contributed by atoms with Crippen LogP contribution in [0.2, 0.25) is 5.15 Å². The van der Waals surface area contributed by atoms with Crippen LogP contribution in [-0.2, 0) is 6.61 Å². The van der Waals surface area contributed by atoms with Crippen molar-refractivity contribution in [2.45, 2.75) is 13.5 Å². The average molecular weight is 322 g/mol. The number of ether oxygens (including phenoxy) is 3. The SMILES string of the molecule is COc1ccc(COc2nc(Cl)cc(OC)c2C(C)=O)cc1. The van der Waals surface area contributed by atoms with Crippen molar-refractivity contribution < 1.29 is 19.0 Å². The van der Waals surface area contributed by atoms with Gasteiger partial charge in [-0.1, -0.05) is 23.7 Å². The van der Waals surface area contributed by atoms with E-state index in [2.05, 4.69) is 4.98 Å². The lowest BCUT2D eigenvalue weighted by Gasteiger charge is -2.12. The van der Waals surface area contributed by atoms with Crippen LogP contribution in [0.5, 0.6) is 17.4 Å². The number of pyridine rings is 1. The van der Waals surface area contributed by atoms with Gasteiger partial charge in [0.15, 0.2) is 5.78 Å². The highest BCUT2D eigenvalue weighted by Crippen LogP contribution is 2.30. The highest BCUT2D eigenvalue weighted by Gasteiger charge is 2.18. The lowest BCUT2D eigenvalue weighted by molar-refractivity contribution is 0.100. The van der Waals surface area contributed by atoms with Crippen LogP contribution in [0.3, 0.4) is 0 Å². The quantitative estimate of drug-likeness (QED) is 0.601. The molecule has 1 aromatic carbocycles. The first kappa shape index (κ1) is 16.1. The molecule has 0 unspecified atom stereocenters. The van der Waals surface area contributed by atoms with E-state index < -0.39 is 0 Å². The number of benzene rings is 1. The van der Waals surface area contributed by atoms with Crippen LogP contribution < -0.4 is 14.2 Å². The molecular formula is C16H16ClNO4. The number of methoxy groups -OCH3 is 2. The van der Waals surface area contributed by atoms with Gasteiger partial charge in [0, 0.05) is 6.07 Å². The molecule has 116 valence electrons. The first-order chi connectivity index (χ1) is 10.5. The van der Waals surface area contributed by atoms with Gasteiger partial charge in [0.25, 0.3) is 0 Å². The zero-order chi connectivity index (χ0) is 16.1. The van der Waals surface area contributed by atoms with Crippen LogP contribution in [0, 0.1) is 0 Å². The van der Waals surface area contributed by atoms with E-state index >= 15 is 0 Å². The van der Waals surface area contributed by atoms with Crippen LogP contribution in [0.1, 0.15) is 22.8 Å². The minimum atomic E-state index is -0.203. The molecule has 6 heteroatoms. The second-order valence-electron chi connectivity index (χ2n) is 4.52. The minimum absolute atomic E-state index is 0.160. The summed E-state index contributed by atoms with van der Waals surface area (Å²) in [5.41, 5.74) is 1.19. The lowest BCUT2D eigenvalue weighted by Crippen LogP contribution is -2.06. The third kappa shape index (κ3) is 3.68. The molecule has 0 bridgehead atoms. The third-order valence-corrected chi connectivity index (χ3v) is 3.22. The maximum atomic E-state index is 11.8. The Bertz CT molecular complexity index is 671. The topological polar surface area (TPSA) is 57.6 Å². The predicted octanol–water partition coefficient (Wildman–Crippen LogP) is 3.53. The second kappa shape index (κ2) is 7.13. The number of hydrogen-bond donors (Lipinski definition) is 0. The van der Waals surface area contributed by atoms with Crippen molar-refractivity contribution in [2.75, 3.05) is 14.2 Å². The van der Waals surface area contributed by atoms with Crippen LogP contribution in [0.25, 0.3) is 0 Å². The number of nitrogens with zero attached hydrogens (tertiary/aromatic N) is 1. The van der Waals surface area contributed by atoms with Gasteiger partial charge >= 0.3 is 0 Å². The van der Waals surface area contributed by atoms with Gasteiger partial charge in [0.1, 0.15) is 28.8 Å². The zero-order valence-corrected chi connectivity index (χ0v) is 13.3. The highest BCUT2D eigenvalue weighted by atomic mass is 35.5. The van der Waals surface area contributed by atoms with Crippen molar-refractivity contribution in [1.29, 1.82) is 0 Å². The van der Waals surface area contributed by atoms with Gasteiger partial charge < -0.3 is 14.2 Å². The summed E-state index contributed by atoms with van der Waals surface area (Å²) >= 11 is 5.93. The fraction of sp³-hybridized carbons (Fsp3) is 0.250. The molecule has 1 aromatic heterocycles. The molecule has 2 aromatic rings. The van der Waals surface area contributed by atoms with Gasteiger partial charge in [0.05, 0.1) is 14.2 Å². The van der Waals surface area contributed by atoms with E-state index in [4.69, 9.17) is 25.8 Å². The average Bonchev–Trinajstić information content (AvgIpc) is 2.52. The van der Waals surface area contributed by atoms with Crippen LogP contribution >= 0.6 is 11.6 Å². The maximum Gasteiger partial charge on any atom is 0.230 e.